The molecule has 0 amide bonds. The highest BCUT2D eigenvalue weighted by atomic mass is 35.5. The van der Waals surface area contributed by atoms with Gasteiger partial charge in [-0.3, -0.25) is 0 Å². The standard InChI is InChI=1S/C15H17ClN2O2S/c1-11-9-13(16)14(17)10-15(11)21(19,20)18-8-7-12-5-3-2-4-6-12/h2-6,9-10,18H,7-8,17H2,1H3. The molecule has 0 saturated carbocycles. The first-order chi connectivity index (χ1) is 9.90. The topological polar surface area (TPSA) is 72.2 Å². The van der Waals surface area contributed by atoms with Gasteiger partial charge in [0.15, 0.2) is 0 Å². The molecular formula is C15H17ClN2O2S. The summed E-state index contributed by atoms with van der Waals surface area (Å²) in [6, 6.07) is 12.6. The summed E-state index contributed by atoms with van der Waals surface area (Å²) in [6.45, 7) is 2.02. The number of hydrogen-bond donors (Lipinski definition) is 2. The minimum absolute atomic E-state index is 0.164. The van der Waals surface area contributed by atoms with Gasteiger partial charge in [0, 0.05) is 6.54 Å². The van der Waals surface area contributed by atoms with Crippen molar-refractivity contribution in [1.82, 2.24) is 4.72 Å². The van der Waals surface area contributed by atoms with Gasteiger partial charge >= 0.3 is 0 Å². The second kappa shape index (κ2) is 6.47. The van der Waals surface area contributed by atoms with Crippen molar-refractivity contribution in [2.75, 3.05) is 12.3 Å². The molecule has 2 rings (SSSR count). The Balaban J connectivity index is 2.10. The molecule has 4 nitrogen and oxygen atoms in total. The van der Waals surface area contributed by atoms with E-state index < -0.39 is 10.0 Å². The van der Waals surface area contributed by atoms with Gasteiger partial charge in [-0.1, -0.05) is 41.9 Å². The van der Waals surface area contributed by atoms with Crippen molar-refractivity contribution in [3.63, 3.8) is 0 Å². The minimum atomic E-state index is -3.59. The summed E-state index contributed by atoms with van der Waals surface area (Å²) in [4.78, 5) is 0.164. The van der Waals surface area contributed by atoms with Gasteiger partial charge in [0.25, 0.3) is 0 Å². The Hall–Kier alpha value is -1.56. The van der Waals surface area contributed by atoms with Crippen LogP contribution >= 0.6 is 11.6 Å². The van der Waals surface area contributed by atoms with Crippen LogP contribution in [-0.4, -0.2) is 15.0 Å². The van der Waals surface area contributed by atoms with Crippen LogP contribution in [0, 0.1) is 6.92 Å². The van der Waals surface area contributed by atoms with Crippen molar-refractivity contribution in [3.05, 3.63) is 58.6 Å². The molecule has 3 N–H and O–H groups in total. The third kappa shape index (κ3) is 3.97. The van der Waals surface area contributed by atoms with Gasteiger partial charge in [0.05, 0.1) is 15.6 Å². The maximum atomic E-state index is 12.3. The Bertz CT molecular complexity index is 731. The van der Waals surface area contributed by atoms with Gasteiger partial charge in [-0.05, 0) is 36.6 Å². The normalized spacial score (nSPS) is 11.5. The maximum absolute atomic E-state index is 12.3. The quantitative estimate of drug-likeness (QED) is 0.831. The van der Waals surface area contributed by atoms with Crippen LogP contribution in [-0.2, 0) is 16.4 Å². The molecule has 2 aromatic rings. The van der Waals surface area contributed by atoms with E-state index in [-0.39, 0.29) is 10.6 Å². The zero-order valence-corrected chi connectivity index (χ0v) is 13.2. The van der Waals surface area contributed by atoms with Crippen LogP contribution in [0.25, 0.3) is 0 Å². The van der Waals surface area contributed by atoms with Gasteiger partial charge in [-0.2, -0.15) is 0 Å². The molecule has 112 valence electrons. The predicted octanol–water partition coefficient (Wildman–Crippen LogP) is 2.75. The molecule has 0 heterocycles. The van der Waals surface area contributed by atoms with E-state index in [0.717, 1.165) is 5.56 Å². The molecule has 6 heteroatoms. The maximum Gasteiger partial charge on any atom is 0.240 e. The zero-order valence-electron chi connectivity index (χ0n) is 11.6. The summed E-state index contributed by atoms with van der Waals surface area (Å²) >= 11 is 5.88. The van der Waals surface area contributed by atoms with Gasteiger partial charge in [0.2, 0.25) is 10.0 Å². The number of benzene rings is 2. The third-order valence-corrected chi connectivity index (χ3v) is 5.06. The Morgan fingerprint density at radius 2 is 1.86 bits per heavy atom. The Morgan fingerprint density at radius 1 is 1.19 bits per heavy atom. The molecule has 0 aliphatic heterocycles. The predicted molar refractivity (Wildman–Crippen MR) is 85.9 cm³/mol. The number of anilines is 1. The van der Waals surface area contributed by atoms with E-state index in [1.54, 1.807) is 13.0 Å². The van der Waals surface area contributed by atoms with Crippen molar-refractivity contribution in [1.29, 1.82) is 0 Å². The van der Waals surface area contributed by atoms with E-state index in [0.29, 0.717) is 23.6 Å². The number of halogens is 1. The third-order valence-electron chi connectivity index (χ3n) is 3.13. The summed E-state index contributed by atoms with van der Waals surface area (Å²) < 4.78 is 27.2. The number of nitrogen functional groups attached to an aromatic ring is 1. The van der Waals surface area contributed by atoms with Crippen molar-refractivity contribution in [2.45, 2.75) is 18.2 Å². The molecule has 0 spiro atoms. The summed E-state index contributed by atoms with van der Waals surface area (Å²) in [6.07, 6.45) is 0.627. The van der Waals surface area contributed by atoms with Crippen molar-refractivity contribution in [3.8, 4) is 0 Å². The summed E-state index contributed by atoms with van der Waals surface area (Å²) in [5.41, 5.74) is 7.58. The monoisotopic (exact) mass is 324 g/mol. The van der Waals surface area contributed by atoms with Crippen LogP contribution < -0.4 is 10.5 Å². The van der Waals surface area contributed by atoms with Gasteiger partial charge in [-0.25, -0.2) is 13.1 Å². The van der Waals surface area contributed by atoms with Gasteiger partial charge in [-0.15, -0.1) is 0 Å². The van der Waals surface area contributed by atoms with E-state index in [1.807, 2.05) is 30.3 Å². The summed E-state index contributed by atoms with van der Waals surface area (Å²) in [5.74, 6) is 0. The number of nitrogens with one attached hydrogen (secondary N) is 1. The molecule has 21 heavy (non-hydrogen) atoms. The van der Waals surface area contributed by atoms with Crippen LogP contribution in [0.2, 0.25) is 5.02 Å². The average Bonchev–Trinajstić information content (AvgIpc) is 2.43. The van der Waals surface area contributed by atoms with Crippen LogP contribution in [0.3, 0.4) is 0 Å². The highest BCUT2D eigenvalue weighted by Gasteiger charge is 2.17. The van der Waals surface area contributed by atoms with Crippen molar-refractivity contribution < 1.29 is 8.42 Å². The highest BCUT2D eigenvalue weighted by Crippen LogP contribution is 2.26. The van der Waals surface area contributed by atoms with E-state index in [2.05, 4.69) is 4.72 Å². The van der Waals surface area contributed by atoms with Crippen LogP contribution in [0.5, 0.6) is 0 Å². The molecule has 0 aliphatic carbocycles. The zero-order chi connectivity index (χ0) is 15.5. The Morgan fingerprint density at radius 3 is 2.52 bits per heavy atom. The number of rotatable bonds is 5. The van der Waals surface area contributed by atoms with Crippen molar-refractivity contribution >= 4 is 27.3 Å². The summed E-state index contributed by atoms with van der Waals surface area (Å²) in [7, 11) is -3.59. The first-order valence-electron chi connectivity index (χ1n) is 6.49. The van der Waals surface area contributed by atoms with Crippen LogP contribution in [0.15, 0.2) is 47.4 Å². The van der Waals surface area contributed by atoms with Gasteiger partial charge in [0.1, 0.15) is 0 Å². The second-order valence-corrected chi connectivity index (χ2v) is 6.92. The molecule has 0 saturated heterocycles. The largest absolute Gasteiger partial charge is 0.397 e. The van der Waals surface area contributed by atoms with Crippen molar-refractivity contribution in [2.24, 2.45) is 0 Å². The summed E-state index contributed by atoms with van der Waals surface area (Å²) in [5, 5.41) is 0.357. The number of sulfonamides is 1. The van der Waals surface area contributed by atoms with E-state index >= 15 is 0 Å². The van der Waals surface area contributed by atoms with Gasteiger partial charge < -0.3 is 5.73 Å². The van der Waals surface area contributed by atoms with E-state index in [9.17, 15) is 8.42 Å². The van der Waals surface area contributed by atoms with Crippen LogP contribution in [0.1, 0.15) is 11.1 Å². The molecule has 0 fully saturated rings. The lowest BCUT2D eigenvalue weighted by molar-refractivity contribution is 0.581. The Labute approximate surface area is 130 Å². The second-order valence-electron chi connectivity index (χ2n) is 4.77. The fourth-order valence-corrected chi connectivity index (χ4v) is 3.52. The lowest BCUT2D eigenvalue weighted by atomic mass is 10.2. The Kier molecular flexibility index (Phi) is 4.88. The molecule has 0 aliphatic rings. The fourth-order valence-electron chi connectivity index (χ4n) is 2.01. The number of aryl methyl sites for hydroxylation is 1. The molecule has 0 unspecified atom stereocenters. The van der Waals surface area contributed by atoms with Crippen LogP contribution in [0.4, 0.5) is 5.69 Å². The lowest BCUT2D eigenvalue weighted by Crippen LogP contribution is -2.26. The molecule has 0 radical (unpaired) electrons. The van der Waals surface area contributed by atoms with E-state index in [4.69, 9.17) is 17.3 Å². The lowest BCUT2D eigenvalue weighted by Gasteiger charge is -2.11. The molecular weight excluding hydrogens is 308 g/mol. The number of hydrogen-bond acceptors (Lipinski definition) is 3. The molecule has 0 aromatic heterocycles. The molecule has 2 aromatic carbocycles. The first kappa shape index (κ1) is 15.8. The fraction of sp³-hybridized carbons (Fsp3) is 0.200. The number of nitrogens with two attached hydrogens (primary N) is 1. The minimum Gasteiger partial charge on any atom is -0.397 e. The molecule has 0 bridgehead atoms. The van der Waals surface area contributed by atoms with E-state index in [1.165, 1.54) is 6.07 Å². The smallest absolute Gasteiger partial charge is 0.240 e. The molecule has 0 atom stereocenters. The highest BCUT2D eigenvalue weighted by molar-refractivity contribution is 7.89. The average molecular weight is 325 g/mol. The SMILES string of the molecule is Cc1cc(Cl)c(N)cc1S(=O)(=O)NCCc1ccccc1. The first-order valence-corrected chi connectivity index (χ1v) is 8.35.